The second-order valence-electron chi connectivity index (χ2n) is 7.89. The van der Waals surface area contributed by atoms with Crippen LogP contribution in [0.2, 0.25) is 0 Å². The van der Waals surface area contributed by atoms with Gasteiger partial charge in [0.1, 0.15) is 0 Å². The molecule has 1 fully saturated rings. The Hall–Kier alpha value is -3.48. The maximum Gasteiger partial charge on any atom is 0.311 e. The average molecular weight is 402 g/mol. The van der Waals surface area contributed by atoms with E-state index in [1.54, 1.807) is 11.8 Å². The molecule has 2 aromatic carbocycles. The Bertz CT molecular complexity index is 1110. The summed E-state index contributed by atoms with van der Waals surface area (Å²) in [6.45, 7) is 2.12. The van der Waals surface area contributed by atoms with Crippen molar-refractivity contribution >= 4 is 17.5 Å². The van der Waals surface area contributed by atoms with E-state index >= 15 is 0 Å². The van der Waals surface area contributed by atoms with Crippen molar-refractivity contribution in [1.82, 2.24) is 15.1 Å². The topological polar surface area (TPSA) is 88.3 Å². The third-order valence-corrected chi connectivity index (χ3v) is 6.27. The number of hydrogen-bond acceptors (Lipinski definition) is 5. The van der Waals surface area contributed by atoms with Crippen LogP contribution >= 0.6 is 0 Å². The van der Waals surface area contributed by atoms with Gasteiger partial charge in [-0.25, -0.2) is 0 Å². The van der Waals surface area contributed by atoms with Gasteiger partial charge >= 0.3 is 11.8 Å². The average Bonchev–Trinajstić information content (AvgIpc) is 3.44. The molecule has 1 saturated heterocycles. The van der Waals surface area contributed by atoms with Crippen molar-refractivity contribution in [3.8, 4) is 0 Å². The number of hydrogen-bond donors (Lipinski definition) is 1. The third-order valence-electron chi connectivity index (χ3n) is 6.27. The maximum atomic E-state index is 13.3. The second-order valence-corrected chi connectivity index (χ2v) is 7.89. The number of benzene rings is 2. The fourth-order valence-corrected chi connectivity index (χ4v) is 4.90. The molecule has 3 aromatic rings. The molecule has 5 rings (SSSR count). The van der Waals surface area contributed by atoms with Crippen LogP contribution in [0.1, 0.15) is 40.5 Å². The number of carbonyl (C=O) groups excluding carboxylic acids is 2. The van der Waals surface area contributed by atoms with Gasteiger partial charge in [0.25, 0.3) is 0 Å². The highest BCUT2D eigenvalue weighted by atomic mass is 16.4. The van der Waals surface area contributed by atoms with Crippen LogP contribution in [0, 0.1) is 6.92 Å². The Kier molecular flexibility index (Phi) is 4.38. The lowest BCUT2D eigenvalue weighted by Crippen LogP contribution is -2.49. The molecule has 0 saturated carbocycles. The summed E-state index contributed by atoms with van der Waals surface area (Å²) >= 11 is 0. The van der Waals surface area contributed by atoms with Gasteiger partial charge in [-0.2, -0.15) is 0 Å². The number of fused-ring (bicyclic) bond motifs is 2. The molecular formula is C23H22N4O3. The summed E-state index contributed by atoms with van der Waals surface area (Å²) in [6, 6.07) is 17.6. The number of amides is 2. The Morgan fingerprint density at radius 2 is 1.93 bits per heavy atom. The number of rotatable bonds is 4. The van der Waals surface area contributed by atoms with Crippen LogP contribution in [0.3, 0.4) is 0 Å². The molecule has 2 aliphatic heterocycles. The molecule has 2 aliphatic rings. The van der Waals surface area contributed by atoms with E-state index in [9.17, 15) is 9.59 Å². The molecule has 3 heterocycles. The zero-order chi connectivity index (χ0) is 20.7. The first-order valence-electron chi connectivity index (χ1n) is 10.2. The summed E-state index contributed by atoms with van der Waals surface area (Å²) in [7, 11) is 0. The lowest BCUT2D eigenvalue weighted by atomic mass is 9.73. The summed E-state index contributed by atoms with van der Waals surface area (Å²) in [5.74, 6) is -0.0421. The van der Waals surface area contributed by atoms with Gasteiger partial charge in [0, 0.05) is 19.2 Å². The summed E-state index contributed by atoms with van der Waals surface area (Å²) in [5, 5.41) is 10.7. The summed E-state index contributed by atoms with van der Waals surface area (Å²) < 4.78 is 5.40. The summed E-state index contributed by atoms with van der Waals surface area (Å²) in [4.78, 5) is 28.3. The van der Waals surface area contributed by atoms with Crippen LogP contribution < -0.4 is 5.32 Å². The van der Waals surface area contributed by atoms with Gasteiger partial charge in [0.15, 0.2) is 0 Å². The van der Waals surface area contributed by atoms with Crippen molar-refractivity contribution in [1.29, 1.82) is 0 Å². The van der Waals surface area contributed by atoms with Crippen molar-refractivity contribution in [2.45, 2.75) is 37.6 Å². The number of aromatic nitrogens is 2. The van der Waals surface area contributed by atoms with E-state index in [2.05, 4.69) is 27.6 Å². The van der Waals surface area contributed by atoms with Crippen LogP contribution in [0.4, 0.5) is 5.69 Å². The van der Waals surface area contributed by atoms with Crippen LogP contribution in [0.15, 0.2) is 59.0 Å². The van der Waals surface area contributed by atoms with E-state index in [4.69, 9.17) is 4.42 Å². The zero-order valence-corrected chi connectivity index (χ0v) is 16.7. The Balaban J connectivity index is 1.54. The summed E-state index contributed by atoms with van der Waals surface area (Å²) in [5.41, 5.74) is 2.20. The Morgan fingerprint density at radius 1 is 1.17 bits per heavy atom. The van der Waals surface area contributed by atoms with E-state index < -0.39 is 5.41 Å². The fourth-order valence-electron chi connectivity index (χ4n) is 4.90. The molecule has 0 unspecified atom stereocenters. The lowest BCUT2D eigenvalue weighted by molar-refractivity contribution is -0.121. The molecule has 1 N–H and O–H groups in total. The largest absolute Gasteiger partial charge is 0.417 e. The van der Waals surface area contributed by atoms with Crippen molar-refractivity contribution in [2.24, 2.45) is 0 Å². The van der Waals surface area contributed by atoms with E-state index in [1.165, 1.54) is 5.56 Å². The number of para-hydroxylation sites is 1. The Labute approximate surface area is 174 Å². The van der Waals surface area contributed by atoms with Crippen LogP contribution in [-0.2, 0) is 16.6 Å². The number of likely N-dealkylation sites (tertiary alicyclic amines) is 1. The molecule has 152 valence electrons. The van der Waals surface area contributed by atoms with Crippen molar-refractivity contribution in [2.75, 3.05) is 11.9 Å². The van der Waals surface area contributed by atoms with Gasteiger partial charge in [0.05, 0.1) is 11.5 Å². The number of carbonyl (C=O) groups is 2. The molecule has 2 atom stereocenters. The molecule has 0 aliphatic carbocycles. The van der Waals surface area contributed by atoms with Gasteiger partial charge in [-0.15, -0.1) is 10.2 Å². The molecule has 2 amide bonds. The van der Waals surface area contributed by atoms with E-state index in [-0.39, 0.29) is 23.7 Å². The van der Waals surface area contributed by atoms with Gasteiger partial charge < -0.3 is 14.6 Å². The van der Waals surface area contributed by atoms with Gasteiger partial charge in [-0.1, -0.05) is 48.5 Å². The highest BCUT2D eigenvalue weighted by Crippen LogP contribution is 2.49. The SMILES string of the molecule is Cc1nnc(C(=O)N2CC[C@]3(C(=O)Nc4ccccc43)[C@@H]2CCc2ccccc2)o1. The van der Waals surface area contributed by atoms with Crippen molar-refractivity contribution in [3.05, 3.63) is 77.5 Å². The van der Waals surface area contributed by atoms with E-state index in [1.807, 2.05) is 42.5 Å². The molecule has 7 nitrogen and oxygen atoms in total. The third kappa shape index (κ3) is 2.81. The predicted octanol–water partition coefficient (Wildman–Crippen LogP) is 3.12. The van der Waals surface area contributed by atoms with Gasteiger partial charge in [-0.05, 0) is 36.5 Å². The predicted molar refractivity (Wildman–Crippen MR) is 110 cm³/mol. The van der Waals surface area contributed by atoms with Crippen molar-refractivity contribution in [3.63, 3.8) is 0 Å². The first-order chi connectivity index (χ1) is 14.6. The zero-order valence-electron chi connectivity index (χ0n) is 16.7. The molecule has 0 bridgehead atoms. The van der Waals surface area contributed by atoms with E-state index in [0.29, 0.717) is 25.3 Å². The number of nitrogens with one attached hydrogen (secondary N) is 1. The fraction of sp³-hybridized carbons (Fsp3) is 0.304. The molecule has 7 heteroatoms. The smallest absolute Gasteiger partial charge is 0.311 e. The highest BCUT2D eigenvalue weighted by molar-refractivity contribution is 6.08. The molecule has 1 aromatic heterocycles. The normalized spacial score (nSPS) is 22.4. The second kappa shape index (κ2) is 7.09. The number of aryl methyl sites for hydroxylation is 2. The first kappa shape index (κ1) is 18.5. The Morgan fingerprint density at radius 3 is 2.70 bits per heavy atom. The minimum Gasteiger partial charge on any atom is -0.417 e. The monoisotopic (exact) mass is 402 g/mol. The molecular weight excluding hydrogens is 380 g/mol. The number of nitrogens with zero attached hydrogens (tertiary/aromatic N) is 3. The number of anilines is 1. The highest BCUT2D eigenvalue weighted by Gasteiger charge is 2.58. The van der Waals surface area contributed by atoms with Crippen LogP contribution in [-0.4, -0.2) is 39.5 Å². The van der Waals surface area contributed by atoms with Crippen LogP contribution in [0.25, 0.3) is 0 Å². The van der Waals surface area contributed by atoms with Crippen LogP contribution in [0.5, 0.6) is 0 Å². The first-order valence-corrected chi connectivity index (χ1v) is 10.2. The lowest BCUT2D eigenvalue weighted by Gasteiger charge is -2.33. The van der Waals surface area contributed by atoms with Gasteiger partial charge in [0.2, 0.25) is 11.8 Å². The maximum absolute atomic E-state index is 13.3. The standard InChI is InChI=1S/C23H22N4O3/c1-15-25-26-20(30-15)21(28)27-14-13-23(17-9-5-6-10-18(17)24-22(23)29)19(27)12-11-16-7-3-2-4-8-16/h2-10,19H,11-14H2,1H3,(H,24,29)/t19-,23+/m0/s1. The minimum atomic E-state index is -0.768. The summed E-state index contributed by atoms with van der Waals surface area (Å²) in [6.07, 6.45) is 1.98. The molecule has 1 spiro atoms. The van der Waals surface area contributed by atoms with Crippen molar-refractivity contribution < 1.29 is 14.0 Å². The molecule has 30 heavy (non-hydrogen) atoms. The van der Waals surface area contributed by atoms with Gasteiger partial charge in [-0.3, -0.25) is 9.59 Å². The molecule has 0 radical (unpaired) electrons. The van der Waals surface area contributed by atoms with E-state index in [0.717, 1.165) is 17.7 Å². The quantitative estimate of drug-likeness (QED) is 0.724. The minimum absolute atomic E-state index is 0.0269.